The van der Waals surface area contributed by atoms with Crippen LogP contribution in [0.25, 0.3) is 0 Å². The Kier molecular flexibility index (Phi) is 1.23. The summed E-state index contributed by atoms with van der Waals surface area (Å²) in [5, 5.41) is 2.77. The molecule has 0 spiro atoms. The van der Waals surface area contributed by atoms with Gasteiger partial charge in [-0.15, -0.1) is 5.25 Å². The van der Waals surface area contributed by atoms with Crippen molar-refractivity contribution < 1.29 is 4.79 Å². The first kappa shape index (κ1) is 4.97. The van der Waals surface area contributed by atoms with Crippen molar-refractivity contribution in [2.75, 3.05) is 6.54 Å². The van der Waals surface area contributed by atoms with Gasteiger partial charge in [0.05, 0.1) is 0 Å². The molecule has 1 heterocycles. The number of carbonyl (C=O) groups excluding carboxylic acids is 1. The molecular weight excluding hydrogens is 110 g/mol. The fourth-order valence-corrected chi connectivity index (χ4v) is 0.813. The maximum Gasteiger partial charge on any atom is 0.218 e. The van der Waals surface area contributed by atoms with Crippen LogP contribution in [0.15, 0.2) is 0 Å². The highest BCUT2D eigenvalue weighted by atomic mass is 32.1. The van der Waals surface area contributed by atoms with Crippen molar-refractivity contribution >= 4 is 18.5 Å². The van der Waals surface area contributed by atoms with Gasteiger partial charge in [-0.2, -0.15) is 0 Å². The maximum atomic E-state index is 10.3. The lowest BCUT2D eigenvalue weighted by atomic mass is 10.4. The third-order valence-corrected chi connectivity index (χ3v) is 1.27. The molecular formula is C4H6NOS-. The summed E-state index contributed by atoms with van der Waals surface area (Å²) >= 11 is 4.80. The molecule has 0 saturated carbocycles. The maximum absolute atomic E-state index is 10.3. The molecule has 0 aromatic rings. The molecule has 1 rings (SSSR count). The monoisotopic (exact) mass is 116 g/mol. The Morgan fingerprint density at radius 2 is 2.57 bits per heavy atom. The molecule has 1 unspecified atom stereocenters. The summed E-state index contributed by atoms with van der Waals surface area (Å²) < 4.78 is 0. The lowest BCUT2D eigenvalue weighted by Crippen LogP contribution is -2.14. The van der Waals surface area contributed by atoms with Crippen LogP contribution in [0, 0.1) is 0 Å². The molecule has 1 atom stereocenters. The zero-order valence-electron chi connectivity index (χ0n) is 3.81. The first-order chi connectivity index (χ1) is 3.29. The Morgan fingerprint density at radius 1 is 1.86 bits per heavy atom. The molecule has 7 heavy (non-hydrogen) atoms. The average Bonchev–Trinajstić information content (AvgIpc) is 1.87. The molecule has 0 aromatic carbocycles. The molecule has 0 aliphatic carbocycles. The Morgan fingerprint density at radius 3 is 2.71 bits per heavy atom. The summed E-state index contributed by atoms with van der Waals surface area (Å²) in [5.41, 5.74) is 0. The number of hydrogen-bond acceptors (Lipinski definition) is 2. The number of carbonyl (C=O) groups is 1. The van der Waals surface area contributed by atoms with Gasteiger partial charge in [0.2, 0.25) is 5.91 Å². The van der Waals surface area contributed by atoms with E-state index in [1.165, 1.54) is 0 Å². The zero-order valence-corrected chi connectivity index (χ0v) is 4.62. The normalized spacial score (nSPS) is 30.4. The van der Waals surface area contributed by atoms with Crippen molar-refractivity contribution in [1.29, 1.82) is 0 Å². The molecule has 1 saturated heterocycles. The van der Waals surface area contributed by atoms with E-state index in [9.17, 15) is 4.79 Å². The number of nitrogens with one attached hydrogen (secondary N) is 1. The van der Waals surface area contributed by atoms with E-state index in [1.54, 1.807) is 0 Å². The predicted molar refractivity (Wildman–Crippen MR) is 28.8 cm³/mol. The van der Waals surface area contributed by atoms with Gasteiger partial charge < -0.3 is 17.9 Å². The smallest absolute Gasteiger partial charge is 0.218 e. The molecule has 0 aromatic heterocycles. The van der Waals surface area contributed by atoms with Crippen LogP contribution < -0.4 is 5.32 Å². The van der Waals surface area contributed by atoms with E-state index in [0.29, 0.717) is 13.0 Å². The summed E-state index contributed by atoms with van der Waals surface area (Å²) in [7, 11) is 0. The lowest BCUT2D eigenvalue weighted by molar-refractivity contribution is -0.119. The topological polar surface area (TPSA) is 29.1 Å². The summed E-state index contributed by atoms with van der Waals surface area (Å²) in [5.74, 6) is 0.0972. The van der Waals surface area contributed by atoms with Gasteiger partial charge in [-0.3, -0.25) is 4.79 Å². The number of amides is 1. The standard InChI is InChI=1S/C4H7NOS/c6-4-1-3(7)2-5-4/h3,7H,1-2H2,(H,5,6)/p-1. The van der Waals surface area contributed by atoms with Gasteiger partial charge in [0.1, 0.15) is 0 Å². The van der Waals surface area contributed by atoms with Crippen molar-refractivity contribution in [3.8, 4) is 0 Å². The highest BCUT2D eigenvalue weighted by molar-refractivity contribution is 7.59. The second-order valence-corrected chi connectivity index (χ2v) is 2.30. The highest BCUT2D eigenvalue weighted by Crippen LogP contribution is 1.97. The van der Waals surface area contributed by atoms with E-state index in [-0.39, 0.29) is 11.2 Å². The Bertz CT molecular complexity index is 93.7. The fourth-order valence-electron chi connectivity index (χ4n) is 0.579. The summed E-state index contributed by atoms with van der Waals surface area (Å²) in [6, 6.07) is 0. The van der Waals surface area contributed by atoms with Gasteiger partial charge in [-0.25, -0.2) is 0 Å². The molecule has 0 bridgehead atoms. The minimum absolute atomic E-state index is 0.0972. The summed E-state index contributed by atoms with van der Waals surface area (Å²) in [6.45, 7) is 0.689. The van der Waals surface area contributed by atoms with E-state index in [2.05, 4.69) is 5.32 Å². The second-order valence-electron chi connectivity index (χ2n) is 1.63. The molecule has 1 fully saturated rings. The van der Waals surface area contributed by atoms with Crippen molar-refractivity contribution in [2.45, 2.75) is 11.7 Å². The van der Waals surface area contributed by atoms with Gasteiger partial charge >= 0.3 is 0 Å². The lowest BCUT2D eigenvalue weighted by Gasteiger charge is -2.07. The van der Waals surface area contributed by atoms with Gasteiger partial charge in [-0.1, -0.05) is 0 Å². The summed E-state index contributed by atoms with van der Waals surface area (Å²) in [6.07, 6.45) is 0.537. The van der Waals surface area contributed by atoms with Crippen LogP contribution >= 0.6 is 0 Å². The molecule has 3 heteroatoms. The third-order valence-electron chi connectivity index (χ3n) is 0.940. The molecule has 1 N–H and O–H groups in total. The second kappa shape index (κ2) is 1.74. The van der Waals surface area contributed by atoms with Crippen LogP contribution in [0.4, 0.5) is 0 Å². The summed E-state index contributed by atoms with van der Waals surface area (Å²) in [4.78, 5) is 10.3. The number of hydrogen-bond donors (Lipinski definition) is 1. The molecule has 40 valence electrons. The van der Waals surface area contributed by atoms with Crippen LogP contribution in [0.1, 0.15) is 6.42 Å². The van der Waals surface area contributed by atoms with Crippen LogP contribution in [0.3, 0.4) is 0 Å². The Hall–Kier alpha value is -0.180. The van der Waals surface area contributed by atoms with E-state index < -0.39 is 0 Å². The third kappa shape index (κ3) is 1.09. The average molecular weight is 116 g/mol. The quantitative estimate of drug-likeness (QED) is 0.429. The van der Waals surface area contributed by atoms with Gasteiger partial charge in [-0.05, 0) is 6.54 Å². The molecule has 1 aliphatic heterocycles. The van der Waals surface area contributed by atoms with E-state index in [0.717, 1.165) is 0 Å². The van der Waals surface area contributed by atoms with Crippen molar-refractivity contribution in [3.63, 3.8) is 0 Å². The number of rotatable bonds is 0. The Labute approximate surface area is 47.7 Å². The Balaban J connectivity index is 2.40. The first-order valence-electron chi connectivity index (χ1n) is 2.21. The predicted octanol–water partition coefficient (Wildman–Crippen LogP) is -0.578. The molecule has 1 amide bonds. The largest absolute Gasteiger partial charge is 0.787 e. The minimum atomic E-state index is 0.0972. The van der Waals surface area contributed by atoms with Gasteiger partial charge in [0.15, 0.2) is 0 Å². The molecule has 0 radical (unpaired) electrons. The zero-order chi connectivity index (χ0) is 5.28. The van der Waals surface area contributed by atoms with E-state index >= 15 is 0 Å². The van der Waals surface area contributed by atoms with Gasteiger partial charge in [0.25, 0.3) is 0 Å². The van der Waals surface area contributed by atoms with Crippen LogP contribution in [0.2, 0.25) is 0 Å². The van der Waals surface area contributed by atoms with Crippen LogP contribution in [0.5, 0.6) is 0 Å². The van der Waals surface area contributed by atoms with Crippen molar-refractivity contribution in [2.24, 2.45) is 0 Å². The highest BCUT2D eigenvalue weighted by Gasteiger charge is 2.09. The van der Waals surface area contributed by atoms with Gasteiger partial charge in [0, 0.05) is 6.42 Å². The molecule has 2 nitrogen and oxygen atoms in total. The van der Waals surface area contributed by atoms with Crippen LogP contribution in [-0.4, -0.2) is 17.7 Å². The molecule has 1 aliphatic rings. The first-order valence-corrected chi connectivity index (χ1v) is 2.68. The minimum Gasteiger partial charge on any atom is -0.787 e. The van der Waals surface area contributed by atoms with Crippen molar-refractivity contribution in [1.82, 2.24) is 5.32 Å². The van der Waals surface area contributed by atoms with Crippen molar-refractivity contribution in [3.05, 3.63) is 0 Å². The SMILES string of the molecule is O=C1CC([S-])CN1. The van der Waals surface area contributed by atoms with E-state index in [4.69, 9.17) is 12.6 Å². The van der Waals surface area contributed by atoms with Crippen LogP contribution in [-0.2, 0) is 17.4 Å². The fraction of sp³-hybridized carbons (Fsp3) is 0.750. The van der Waals surface area contributed by atoms with E-state index in [1.807, 2.05) is 0 Å².